The maximum absolute atomic E-state index is 5.76. The molecular weight excluding hydrogens is 320 g/mol. The quantitative estimate of drug-likeness (QED) is 0.830. The molecule has 19 heavy (non-hydrogen) atoms. The molecule has 0 amide bonds. The molecule has 0 bridgehead atoms. The van der Waals surface area contributed by atoms with E-state index < -0.39 is 0 Å². The number of hydrogen-bond donors (Lipinski definition) is 2. The molecule has 0 fully saturated rings. The second-order valence-corrected chi connectivity index (χ2v) is 5.75. The molecule has 0 aromatic heterocycles. The highest BCUT2D eigenvalue weighted by atomic mass is 79.9. The molecular formula is C15H15BrN2S. The van der Waals surface area contributed by atoms with Gasteiger partial charge in [-0.3, -0.25) is 0 Å². The number of halogens is 1. The second kappa shape index (κ2) is 6.17. The van der Waals surface area contributed by atoms with Crippen LogP contribution in [-0.2, 0) is 6.54 Å². The molecule has 0 saturated carbocycles. The number of nitrogens with one attached hydrogen (secondary N) is 1. The summed E-state index contributed by atoms with van der Waals surface area (Å²) in [5, 5.41) is 3.38. The first-order valence-corrected chi connectivity index (χ1v) is 7.15. The Bertz CT molecular complexity index is 611. The number of thiocarbonyl (C=S) groups is 1. The monoisotopic (exact) mass is 334 g/mol. The molecule has 0 saturated heterocycles. The van der Waals surface area contributed by atoms with E-state index >= 15 is 0 Å². The van der Waals surface area contributed by atoms with Crippen LogP contribution in [0.5, 0.6) is 0 Å². The van der Waals surface area contributed by atoms with E-state index in [1.54, 1.807) is 0 Å². The molecule has 0 aliphatic rings. The third-order valence-electron chi connectivity index (χ3n) is 2.81. The number of rotatable bonds is 4. The van der Waals surface area contributed by atoms with Gasteiger partial charge < -0.3 is 11.1 Å². The van der Waals surface area contributed by atoms with E-state index in [0.717, 1.165) is 27.8 Å². The Morgan fingerprint density at radius 1 is 1.26 bits per heavy atom. The van der Waals surface area contributed by atoms with Gasteiger partial charge in [-0.25, -0.2) is 0 Å². The average molecular weight is 335 g/mol. The van der Waals surface area contributed by atoms with Crippen LogP contribution in [0, 0.1) is 6.92 Å². The van der Waals surface area contributed by atoms with Crippen molar-refractivity contribution in [2.75, 3.05) is 5.32 Å². The maximum Gasteiger partial charge on any atom is 0.106 e. The lowest BCUT2D eigenvalue weighted by molar-refractivity contribution is 1.14. The van der Waals surface area contributed by atoms with Crippen LogP contribution < -0.4 is 11.1 Å². The first kappa shape index (κ1) is 14.0. The van der Waals surface area contributed by atoms with Crippen LogP contribution >= 0.6 is 28.1 Å². The van der Waals surface area contributed by atoms with E-state index in [4.69, 9.17) is 18.0 Å². The Labute approximate surface area is 127 Å². The highest BCUT2D eigenvalue weighted by molar-refractivity contribution is 9.10. The van der Waals surface area contributed by atoms with E-state index in [-0.39, 0.29) is 0 Å². The molecule has 0 aliphatic heterocycles. The van der Waals surface area contributed by atoms with Crippen molar-refractivity contribution in [3.8, 4) is 0 Å². The fourth-order valence-electron chi connectivity index (χ4n) is 1.86. The zero-order valence-corrected chi connectivity index (χ0v) is 13.0. The van der Waals surface area contributed by atoms with Crippen molar-refractivity contribution in [3.63, 3.8) is 0 Å². The number of anilines is 1. The zero-order chi connectivity index (χ0) is 13.8. The number of aryl methyl sites for hydroxylation is 1. The lowest BCUT2D eigenvalue weighted by atomic mass is 10.1. The summed E-state index contributed by atoms with van der Waals surface area (Å²) in [5.41, 5.74) is 9.97. The first-order valence-electron chi connectivity index (χ1n) is 5.95. The van der Waals surface area contributed by atoms with Gasteiger partial charge in [-0.05, 0) is 36.8 Å². The fourth-order valence-corrected chi connectivity index (χ4v) is 2.48. The largest absolute Gasteiger partial charge is 0.389 e. The summed E-state index contributed by atoms with van der Waals surface area (Å²) < 4.78 is 1.07. The zero-order valence-electron chi connectivity index (χ0n) is 10.6. The molecule has 3 N–H and O–H groups in total. The van der Waals surface area contributed by atoms with E-state index in [9.17, 15) is 0 Å². The molecule has 0 unspecified atom stereocenters. The van der Waals surface area contributed by atoms with Crippen LogP contribution in [0.1, 0.15) is 16.7 Å². The molecule has 2 aromatic rings. The maximum atomic E-state index is 5.76. The van der Waals surface area contributed by atoms with Crippen molar-refractivity contribution in [2.45, 2.75) is 13.5 Å². The van der Waals surface area contributed by atoms with E-state index in [1.165, 1.54) is 5.56 Å². The van der Waals surface area contributed by atoms with Gasteiger partial charge in [-0.2, -0.15) is 0 Å². The predicted octanol–water partition coefficient (Wildman–Crippen LogP) is 4.00. The molecule has 0 aliphatic carbocycles. The van der Waals surface area contributed by atoms with Gasteiger partial charge in [0.1, 0.15) is 4.99 Å². The van der Waals surface area contributed by atoms with Crippen molar-refractivity contribution >= 4 is 38.8 Å². The summed E-state index contributed by atoms with van der Waals surface area (Å²) in [6.07, 6.45) is 0. The van der Waals surface area contributed by atoms with Crippen molar-refractivity contribution in [2.24, 2.45) is 5.73 Å². The Morgan fingerprint density at radius 3 is 2.74 bits per heavy atom. The number of benzene rings is 2. The molecule has 0 radical (unpaired) electrons. The first-order chi connectivity index (χ1) is 9.06. The predicted molar refractivity (Wildman–Crippen MR) is 88.5 cm³/mol. The summed E-state index contributed by atoms with van der Waals surface area (Å²) in [7, 11) is 0. The molecule has 98 valence electrons. The molecule has 0 heterocycles. The summed E-state index contributed by atoms with van der Waals surface area (Å²) in [6.45, 7) is 2.76. The van der Waals surface area contributed by atoms with E-state index in [1.807, 2.05) is 37.3 Å². The van der Waals surface area contributed by atoms with Gasteiger partial charge in [0.05, 0.1) is 0 Å². The molecule has 4 heteroatoms. The summed E-state index contributed by atoms with van der Waals surface area (Å²) >= 11 is 8.56. The van der Waals surface area contributed by atoms with Crippen molar-refractivity contribution in [1.29, 1.82) is 0 Å². The second-order valence-electron chi connectivity index (χ2n) is 4.40. The Hall–Kier alpha value is -1.39. The lowest BCUT2D eigenvalue weighted by Gasteiger charge is -2.12. The normalized spacial score (nSPS) is 10.2. The molecule has 0 spiro atoms. The van der Waals surface area contributed by atoms with E-state index in [2.05, 4.69) is 33.4 Å². The minimum atomic E-state index is 0.417. The van der Waals surface area contributed by atoms with Crippen LogP contribution in [-0.4, -0.2) is 4.99 Å². The van der Waals surface area contributed by atoms with Gasteiger partial charge in [0.25, 0.3) is 0 Å². The Morgan fingerprint density at radius 2 is 2.05 bits per heavy atom. The summed E-state index contributed by atoms with van der Waals surface area (Å²) in [5.74, 6) is 0. The lowest BCUT2D eigenvalue weighted by Crippen LogP contribution is -2.13. The number of hydrogen-bond acceptors (Lipinski definition) is 2. The Kier molecular flexibility index (Phi) is 4.56. The van der Waals surface area contributed by atoms with Crippen LogP contribution in [0.25, 0.3) is 0 Å². The molecule has 2 aromatic carbocycles. The fraction of sp³-hybridized carbons (Fsp3) is 0.133. The van der Waals surface area contributed by atoms with Gasteiger partial charge in [0, 0.05) is 22.3 Å². The van der Waals surface area contributed by atoms with Crippen LogP contribution in [0.3, 0.4) is 0 Å². The summed E-state index contributed by atoms with van der Waals surface area (Å²) in [4.78, 5) is 0.417. The van der Waals surface area contributed by atoms with Crippen LogP contribution in [0.2, 0.25) is 0 Å². The molecule has 2 nitrogen and oxygen atoms in total. The van der Waals surface area contributed by atoms with Crippen LogP contribution in [0.15, 0.2) is 46.9 Å². The number of nitrogens with two attached hydrogens (primary N) is 1. The van der Waals surface area contributed by atoms with Gasteiger partial charge in [0.15, 0.2) is 0 Å². The smallest absolute Gasteiger partial charge is 0.106 e. The van der Waals surface area contributed by atoms with Crippen molar-refractivity contribution in [3.05, 3.63) is 63.6 Å². The van der Waals surface area contributed by atoms with Gasteiger partial charge >= 0.3 is 0 Å². The summed E-state index contributed by atoms with van der Waals surface area (Å²) in [6, 6.07) is 14.3. The highest BCUT2D eigenvalue weighted by Gasteiger charge is 2.05. The highest BCUT2D eigenvalue weighted by Crippen LogP contribution is 2.19. The topological polar surface area (TPSA) is 38.0 Å². The van der Waals surface area contributed by atoms with E-state index in [0.29, 0.717) is 4.99 Å². The van der Waals surface area contributed by atoms with Gasteiger partial charge in [-0.15, -0.1) is 0 Å². The molecule has 2 rings (SSSR count). The third-order valence-corrected chi connectivity index (χ3v) is 3.53. The van der Waals surface area contributed by atoms with Gasteiger partial charge in [-0.1, -0.05) is 51.9 Å². The average Bonchev–Trinajstić information content (AvgIpc) is 2.37. The molecule has 0 atom stereocenters. The standard InChI is InChI=1S/C15H15BrN2S/c1-10-5-6-14(13(7-10)15(17)19)18-9-11-3-2-4-12(16)8-11/h2-8,18H,9H2,1H3,(H2,17,19). The minimum Gasteiger partial charge on any atom is -0.389 e. The van der Waals surface area contributed by atoms with Crippen molar-refractivity contribution < 1.29 is 0 Å². The van der Waals surface area contributed by atoms with Crippen molar-refractivity contribution in [1.82, 2.24) is 0 Å². The van der Waals surface area contributed by atoms with Gasteiger partial charge in [0.2, 0.25) is 0 Å². The third kappa shape index (κ3) is 3.78. The van der Waals surface area contributed by atoms with Crippen LogP contribution in [0.4, 0.5) is 5.69 Å². The minimum absolute atomic E-state index is 0.417. The Balaban J connectivity index is 2.17. The SMILES string of the molecule is Cc1ccc(NCc2cccc(Br)c2)c(C(N)=S)c1.